The van der Waals surface area contributed by atoms with Crippen LogP contribution in [-0.4, -0.2) is 41.8 Å². The Morgan fingerprint density at radius 1 is 1.24 bits per heavy atom. The van der Waals surface area contributed by atoms with Crippen LogP contribution in [0, 0.1) is 0 Å². The van der Waals surface area contributed by atoms with E-state index in [-0.39, 0.29) is 19.6 Å². The number of hydrogen-bond donors (Lipinski definition) is 4. The fourth-order valence-electron chi connectivity index (χ4n) is 1.98. The number of anilines is 1. The third-order valence-corrected chi connectivity index (χ3v) is 3.21. The highest BCUT2D eigenvalue weighted by molar-refractivity contribution is 5.96. The first kappa shape index (κ1) is 14.8. The smallest absolute Gasteiger partial charge is 0.332 e. The van der Waals surface area contributed by atoms with Gasteiger partial charge in [0.2, 0.25) is 5.91 Å². The minimum atomic E-state index is -1.41. The van der Waals surface area contributed by atoms with Gasteiger partial charge in [0, 0.05) is 24.3 Å². The summed E-state index contributed by atoms with van der Waals surface area (Å²) in [4.78, 5) is 34.0. The third-order valence-electron chi connectivity index (χ3n) is 3.21. The van der Waals surface area contributed by atoms with Crippen LogP contribution < -0.4 is 16.4 Å². The molecular weight excluding hydrogens is 278 g/mol. The van der Waals surface area contributed by atoms with Gasteiger partial charge in [-0.25, -0.2) is 9.59 Å². The number of carboxylic acids is 1. The summed E-state index contributed by atoms with van der Waals surface area (Å²) in [6.07, 6.45) is 0.205. The van der Waals surface area contributed by atoms with E-state index in [1.807, 2.05) is 0 Å². The number of hydrogen-bond acceptors (Lipinski definition) is 4. The van der Waals surface area contributed by atoms with E-state index in [1.165, 1.54) is 24.3 Å². The molecule has 1 fully saturated rings. The zero-order valence-corrected chi connectivity index (χ0v) is 11.1. The van der Waals surface area contributed by atoms with Crippen LogP contribution in [0.5, 0.6) is 0 Å². The average Bonchev–Trinajstić information content (AvgIpc) is 2.89. The Kier molecular flexibility index (Phi) is 4.08. The van der Waals surface area contributed by atoms with Gasteiger partial charge in [-0.3, -0.25) is 4.79 Å². The van der Waals surface area contributed by atoms with Crippen molar-refractivity contribution in [2.24, 2.45) is 5.73 Å². The van der Waals surface area contributed by atoms with E-state index >= 15 is 0 Å². The Morgan fingerprint density at radius 2 is 1.90 bits per heavy atom. The van der Waals surface area contributed by atoms with Crippen molar-refractivity contribution >= 4 is 23.6 Å². The maximum absolute atomic E-state index is 11.9. The topological polar surface area (TPSA) is 131 Å². The first-order valence-electron chi connectivity index (χ1n) is 6.23. The SMILES string of the molecule is NC(=O)c1ccc(NC(=O)NC2(C(=O)O)CCOC2)cc1. The van der Waals surface area contributed by atoms with E-state index in [0.29, 0.717) is 11.3 Å². The van der Waals surface area contributed by atoms with Gasteiger partial charge in [0.05, 0.1) is 6.61 Å². The minimum Gasteiger partial charge on any atom is -0.479 e. The number of carbonyl (C=O) groups is 3. The summed E-state index contributed by atoms with van der Waals surface area (Å²) in [5.41, 5.74) is 4.43. The summed E-state index contributed by atoms with van der Waals surface area (Å²) in [5, 5.41) is 14.1. The number of aliphatic carboxylic acids is 1. The lowest BCUT2D eigenvalue weighted by Crippen LogP contribution is -2.56. The van der Waals surface area contributed by atoms with Crippen molar-refractivity contribution in [1.82, 2.24) is 5.32 Å². The second kappa shape index (κ2) is 5.80. The quantitative estimate of drug-likeness (QED) is 0.627. The summed E-state index contributed by atoms with van der Waals surface area (Å²) in [6.45, 7) is 0.205. The van der Waals surface area contributed by atoms with Crippen LogP contribution in [0.15, 0.2) is 24.3 Å². The molecule has 0 saturated carbocycles. The van der Waals surface area contributed by atoms with E-state index in [9.17, 15) is 19.5 Å². The van der Waals surface area contributed by atoms with E-state index < -0.39 is 23.4 Å². The molecule has 1 aliphatic rings. The molecule has 2 rings (SSSR count). The fraction of sp³-hybridized carbons (Fsp3) is 0.308. The van der Waals surface area contributed by atoms with Crippen molar-refractivity contribution in [1.29, 1.82) is 0 Å². The number of rotatable bonds is 4. The van der Waals surface area contributed by atoms with E-state index in [0.717, 1.165) is 0 Å². The predicted molar refractivity (Wildman–Crippen MR) is 72.9 cm³/mol. The molecule has 1 aromatic rings. The highest BCUT2D eigenvalue weighted by Gasteiger charge is 2.44. The van der Waals surface area contributed by atoms with Crippen LogP contribution in [0.1, 0.15) is 16.8 Å². The zero-order valence-electron chi connectivity index (χ0n) is 11.1. The Bertz CT molecular complexity index is 564. The van der Waals surface area contributed by atoms with Gasteiger partial charge in [-0.1, -0.05) is 0 Å². The Hall–Kier alpha value is -2.61. The molecule has 1 unspecified atom stereocenters. The molecule has 1 heterocycles. The van der Waals surface area contributed by atoms with Gasteiger partial charge < -0.3 is 26.2 Å². The maximum atomic E-state index is 11.9. The number of urea groups is 1. The van der Waals surface area contributed by atoms with Crippen molar-refractivity contribution in [2.75, 3.05) is 18.5 Å². The van der Waals surface area contributed by atoms with Crippen LogP contribution in [0.3, 0.4) is 0 Å². The molecule has 0 spiro atoms. The molecule has 0 aliphatic carbocycles. The predicted octanol–water partition coefficient (Wildman–Crippen LogP) is 0.151. The molecule has 0 radical (unpaired) electrons. The molecule has 8 heteroatoms. The highest BCUT2D eigenvalue weighted by atomic mass is 16.5. The number of primary amides is 1. The highest BCUT2D eigenvalue weighted by Crippen LogP contribution is 2.19. The Balaban J connectivity index is 2.01. The normalized spacial score (nSPS) is 20.8. The largest absolute Gasteiger partial charge is 0.479 e. The number of carboxylic acid groups (broad SMARTS) is 1. The molecule has 21 heavy (non-hydrogen) atoms. The van der Waals surface area contributed by atoms with Crippen molar-refractivity contribution in [3.63, 3.8) is 0 Å². The summed E-state index contributed by atoms with van der Waals surface area (Å²) in [7, 11) is 0. The van der Waals surface area contributed by atoms with Crippen LogP contribution >= 0.6 is 0 Å². The average molecular weight is 293 g/mol. The lowest BCUT2D eigenvalue weighted by atomic mass is 9.99. The van der Waals surface area contributed by atoms with Gasteiger partial charge in [-0.15, -0.1) is 0 Å². The van der Waals surface area contributed by atoms with Crippen LogP contribution in [0.2, 0.25) is 0 Å². The minimum absolute atomic E-state index is 0.0730. The molecule has 5 N–H and O–H groups in total. The molecule has 3 amide bonds. The molecule has 1 saturated heterocycles. The maximum Gasteiger partial charge on any atom is 0.332 e. The zero-order chi connectivity index (χ0) is 15.5. The van der Waals surface area contributed by atoms with Crippen LogP contribution in [0.4, 0.5) is 10.5 Å². The first-order valence-corrected chi connectivity index (χ1v) is 6.23. The van der Waals surface area contributed by atoms with Crippen molar-refractivity contribution < 1.29 is 24.2 Å². The standard InChI is InChI=1S/C13H15N3O5/c14-10(17)8-1-3-9(4-2-8)15-12(20)16-13(11(18)19)5-6-21-7-13/h1-4H,5-7H2,(H2,14,17)(H,18,19)(H2,15,16,20). The molecule has 112 valence electrons. The number of ether oxygens (including phenoxy) is 1. The van der Waals surface area contributed by atoms with Gasteiger partial charge in [0.25, 0.3) is 0 Å². The summed E-state index contributed by atoms with van der Waals surface area (Å²) < 4.78 is 5.04. The molecule has 0 bridgehead atoms. The van der Waals surface area contributed by atoms with Gasteiger partial charge in [-0.2, -0.15) is 0 Å². The molecule has 8 nitrogen and oxygen atoms in total. The van der Waals surface area contributed by atoms with Gasteiger partial charge >= 0.3 is 12.0 Å². The number of nitrogens with one attached hydrogen (secondary N) is 2. The number of nitrogens with two attached hydrogens (primary N) is 1. The molecule has 1 aromatic carbocycles. The number of benzene rings is 1. The Morgan fingerprint density at radius 3 is 2.38 bits per heavy atom. The molecule has 1 atom stereocenters. The van der Waals surface area contributed by atoms with E-state index in [4.69, 9.17) is 10.5 Å². The van der Waals surface area contributed by atoms with Gasteiger partial charge in [0.1, 0.15) is 0 Å². The summed E-state index contributed by atoms with van der Waals surface area (Å²) in [5.74, 6) is -1.71. The van der Waals surface area contributed by atoms with Crippen LogP contribution in [-0.2, 0) is 9.53 Å². The molecular formula is C13H15N3O5. The van der Waals surface area contributed by atoms with E-state index in [1.54, 1.807) is 0 Å². The summed E-state index contributed by atoms with van der Waals surface area (Å²) in [6, 6.07) is 5.26. The van der Waals surface area contributed by atoms with E-state index in [2.05, 4.69) is 10.6 Å². The Labute approximate surface area is 120 Å². The van der Waals surface area contributed by atoms with Crippen molar-refractivity contribution in [2.45, 2.75) is 12.0 Å². The number of carbonyl (C=O) groups excluding carboxylic acids is 2. The second-order valence-electron chi connectivity index (χ2n) is 4.71. The fourth-order valence-corrected chi connectivity index (χ4v) is 1.98. The molecule has 1 aliphatic heterocycles. The molecule has 0 aromatic heterocycles. The number of amides is 3. The summed E-state index contributed by atoms with van der Waals surface area (Å²) >= 11 is 0. The lowest BCUT2D eigenvalue weighted by molar-refractivity contribution is -0.144. The lowest BCUT2D eigenvalue weighted by Gasteiger charge is -2.23. The first-order chi connectivity index (χ1) is 9.93. The van der Waals surface area contributed by atoms with Gasteiger partial charge in [0.15, 0.2) is 5.54 Å². The third kappa shape index (κ3) is 3.29. The second-order valence-corrected chi connectivity index (χ2v) is 4.71. The van der Waals surface area contributed by atoms with Gasteiger partial charge in [-0.05, 0) is 24.3 Å². The van der Waals surface area contributed by atoms with Crippen LogP contribution in [0.25, 0.3) is 0 Å². The van der Waals surface area contributed by atoms with Crippen molar-refractivity contribution in [3.05, 3.63) is 29.8 Å². The van der Waals surface area contributed by atoms with Crippen molar-refractivity contribution in [3.8, 4) is 0 Å². The monoisotopic (exact) mass is 293 g/mol.